The summed E-state index contributed by atoms with van der Waals surface area (Å²) in [5, 5.41) is 9.72. The van der Waals surface area contributed by atoms with Crippen LogP contribution in [0.3, 0.4) is 0 Å². The van der Waals surface area contributed by atoms with Crippen LogP contribution in [0.5, 0.6) is 0 Å². The second-order valence-electron chi connectivity index (χ2n) is 4.29. The maximum absolute atomic E-state index is 13.4. The summed E-state index contributed by atoms with van der Waals surface area (Å²) >= 11 is 0. The first kappa shape index (κ1) is 14.7. The van der Waals surface area contributed by atoms with Crippen LogP contribution in [0.15, 0.2) is 45.9 Å². The average Bonchev–Trinajstić information content (AvgIpc) is 2.93. The van der Waals surface area contributed by atoms with Gasteiger partial charge in [0.1, 0.15) is 17.7 Å². The number of aryl methyl sites for hydroxylation is 1. The van der Waals surface area contributed by atoms with Gasteiger partial charge < -0.3 is 9.52 Å². The molecule has 0 fully saturated rings. The molecule has 2 rings (SSSR count). The fraction of sp³-hybridized carbons (Fsp3) is 0.231. The van der Waals surface area contributed by atoms with Gasteiger partial charge in [-0.05, 0) is 36.8 Å². The third-order valence-electron chi connectivity index (χ3n) is 2.79. The van der Waals surface area contributed by atoms with Crippen molar-refractivity contribution in [1.29, 1.82) is 0 Å². The molecule has 7 heteroatoms. The number of rotatable bonds is 5. The van der Waals surface area contributed by atoms with Gasteiger partial charge in [0, 0.05) is 6.54 Å². The molecule has 0 saturated heterocycles. The van der Waals surface area contributed by atoms with Crippen LogP contribution in [-0.4, -0.2) is 20.1 Å². The van der Waals surface area contributed by atoms with Crippen molar-refractivity contribution in [3.63, 3.8) is 0 Å². The van der Waals surface area contributed by atoms with Crippen LogP contribution in [-0.2, 0) is 10.0 Å². The Labute approximate surface area is 116 Å². The lowest BCUT2D eigenvalue weighted by molar-refractivity contribution is 0.154. The Kier molecular flexibility index (Phi) is 4.22. The Bertz CT molecular complexity index is 682. The van der Waals surface area contributed by atoms with Crippen LogP contribution < -0.4 is 4.72 Å². The van der Waals surface area contributed by atoms with Crippen molar-refractivity contribution in [2.24, 2.45) is 0 Å². The quantitative estimate of drug-likeness (QED) is 0.881. The molecule has 108 valence electrons. The largest absolute Gasteiger partial charge is 0.467 e. The molecule has 0 aliphatic heterocycles. The number of benzene rings is 1. The van der Waals surface area contributed by atoms with E-state index in [0.717, 1.165) is 6.07 Å². The molecule has 0 radical (unpaired) electrons. The van der Waals surface area contributed by atoms with Crippen molar-refractivity contribution < 1.29 is 22.3 Å². The maximum atomic E-state index is 13.4. The number of aliphatic hydroxyl groups is 1. The first-order valence-electron chi connectivity index (χ1n) is 5.87. The van der Waals surface area contributed by atoms with Crippen LogP contribution in [0.1, 0.15) is 17.4 Å². The molecular formula is C13H14FNO4S. The van der Waals surface area contributed by atoms with E-state index < -0.39 is 21.9 Å². The molecule has 0 aliphatic carbocycles. The summed E-state index contributed by atoms with van der Waals surface area (Å²) in [6, 6.07) is 6.75. The summed E-state index contributed by atoms with van der Waals surface area (Å²) in [4.78, 5) is -0.188. The lowest BCUT2D eigenvalue weighted by atomic mass is 10.2. The van der Waals surface area contributed by atoms with E-state index in [1.807, 2.05) is 0 Å². The fourth-order valence-corrected chi connectivity index (χ4v) is 2.64. The number of hydrogen-bond donors (Lipinski definition) is 2. The molecule has 0 bridgehead atoms. The van der Waals surface area contributed by atoms with Crippen molar-refractivity contribution in [2.45, 2.75) is 17.9 Å². The van der Waals surface area contributed by atoms with Crippen LogP contribution in [0.4, 0.5) is 4.39 Å². The van der Waals surface area contributed by atoms with Crippen molar-refractivity contribution >= 4 is 10.0 Å². The monoisotopic (exact) mass is 299 g/mol. The van der Waals surface area contributed by atoms with Crippen LogP contribution in [0, 0.1) is 12.7 Å². The van der Waals surface area contributed by atoms with E-state index in [1.54, 1.807) is 13.0 Å². The molecule has 2 N–H and O–H groups in total. The molecule has 0 aliphatic rings. The number of sulfonamides is 1. The van der Waals surface area contributed by atoms with Gasteiger partial charge in [0.2, 0.25) is 10.0 Å². The number of halogens is 1. The maximum Gasteiger partial charge on any atom is 0.240 e. The highest BCUT2D eigenvalue weighted by Crippen LogP contribution is 2.16. The Hall–Kier alpha value is -1.70. The molecule has 1 aromatic carbocycles. The Morgan fingerprint density at radius 3 is 2.75 bits per heavy atom. The fourth-order valence-electron chi connectivity index (χ4n) is 1.59. The SMILES string of the molecule is Cc1ccc(S(=O)(=O)NCC(O)c2ccco2)cc1F. The van der Waals surface area contributed by atoms with Crippen molar-refractivity contribution in [1.82, 2.24) is 4.72 Å². The van der Waals surface area contributed by atoms with E-state index in [-0.39, 0.29) is 17.2 Å². The summed E-state index contributed by atoms with van der Waals surface area (Å²) < 4.78 is 44.4. The molecule has 1 aromatic heterocycles. The minimum atomic E-state index is -3.88. The predicted molar refractivity (Wildman–Crippen MR) is 70.0 cm³/mol. The van der Waals surface area contributed by atoms with E-state index in [1.165, 1.54) is 24.5 Å². The first-order chi connectivity index (χ1) is 9.40. The standard InChI is InChI=1S/C13H14FNO4S/c1-9-4-5-10(7-11(9)14)20(17,18)15-8-12(16)13-3-2-6-19-13/h2-7,12,15-16H,8H2,1H3. The van der Waals surface area contributed by atoms with Gasteiger partial charge in [-0.3, -0.25) is 0 Å². The van der Waals surface area contributed by atoms with Gasteiger partial charge >= 0.3 is 0 Å². The number of aliphatic hydroxyl groups excluding tert-OH is 1. The van der Waals surface area contributed by atoms with Gasteiger partial charge in [0.15, 0.2) is 0 Å². The van der Waals surface area contributed by atoms with E-state index >= 15 is 0 Å². The molecule has 1 unspecified atom stereocenters. The lowest BCUT2D eigenvalue weighted by Crippen LogP contribution is -2.28. The molecule has 0 saturated carbocycles. The smallest absolute Gasteiger partial charge is 0.240 e. The Balaban J connectivity index is 2.09. The van der Waals surface area contributed by atoms with Crippen molar-refractivity contribution in [3.8, 4) is 0 Å². The molecule has 5 nitrogen and oxygen atoms in total. The molecule has 1 atom stereocenters. The van der Waals surface area contributed by atoms with Gasteiger partial charge in [-0.25, -0.2) is 17.5 Å². The third-order valence-corrected chi connectivity index (χ3v) is 4.21. The third kappa shape index (κ3) is 3.24. The molecule has 20 heavy (non-hydrogen) atoms. The van der Waals surface area contributed by atoms with Crippen LogP contribution in [0.25, 0.3) is 0 Å². The molecule has 0 amide bonds. The van der Waals surface area contributed by atoms with Crippen LogP contribution in [0.2, 0.25) is 0 Å². The predicted octanol–water partition coefficient (Wildman–Crippen LogP) is 1.74. The van der Waals surface area contributed by atoms with Gasteiger partial charge in [0.25, 0.3) is 0 Å². The summed E-state index contributed by atoms with van der Waals surface area (Å²) in [6.07, 6.45) is 0.276. The van der Waals surface area contributed by atoms with E-state index in [2.05, 4.69) is 4.72 Å². The van der Waals surface area contributed by atoms with Crippen molar-refractivity contribution in [2.75, 3.05) is 6.54 Å². The molecule has 1 heterocycles. The summed E-state index contributed by atoms with van der Waals surface area (Å²) in [5.74, 6) is -0.345. The summed E-state index contributed by atoms with van der Waals surface area (Å²) in [6.45, 7) is 1.28. The van der Waals surface area contributed by atoms with Gasteiger partial charge in [-0.1, -0.05) is 6.07 Å². The average molecular weight is 299 g/mol. The Morgan fingerprint density at radius 1 is 1.40 bits per heavy atom. The number of nitrogens with one attached hydrogen (secondary N) is 1. The van der Waals surface area contributed by atoms with E-state index in [9.17, 15) is 17.9 Å². The Morgan fingerprint density at radius 2 is 2.15 bits per heavy atom. The van der Waals surface area contributed by atoms with Crippen molar-refractivity contribution in [3.05, 3.63) is 53.7 Å². The van der Waals surface area contributed by atoms with E-state index in [0.29, 0.717) is 5.56 Å². The topological polar surface area (TPSA) is 79.5 Å². The summed E-state index contributed by atoms with van der Waals surface area (Å²) in [5.41, 5.74) is 0.361. The van der Waals surface area contributed by atoms with Gasteiger partial charge in [0.05, 0.1) is 11.2 Å². The highest BCUT2D eigenvalue weighted by molar-refractivity contribution is 7.89. The van der Waals surface area contributed by atoms with Gasteiger partial charge in [-0.15, -0.1) is 0 Å². The minimum absolute atomic E-state index is 0.188. The number of hydrogen-bond acceptors (Lipinski definition) is 4. The lowest BCUT2D eigenvalue weighted by Gasteiger charge is -2.10. The number of furan rings is 1. The van der Waals surface area contributed by atoms with E-state index in [4.69, 9.17) is 4.42 Å². The molecular weight excluding hydrogens is 285 g/mol. The molecule has 0 spiro atoms. The zero-order valence-electron chi connectivity index (χ0n) is 10.7. The first-order valence-corrected chi connectivity index (χ1v) is 7.36. The second kappa shape index (κ2) is 5.74. The minimum Gasteiger partial charge on any atom is -0.467 e. The van der Waals surface area contributed by atoms with Crippen LogP contribution >= 0.6 is 0 Å². The zero-order valence-corrected chi connectivity index (χ0v) is 11.5. The molecule has 2 aromatic rings. The van der Waals surface area contributed by atoms with Gasteiger partial charge in [-0.2, -0.15) is 0 Å². The highest BCUT2D eigenvalue weighted by Gasteiger charge is 2.18. The highest BCUT2D eigenvalue weighted by atomic mass is 32.2. The second-order valence-corrected chi connectivity index (χ2v) is 6.06. The normalized spacial score (nSPS) is 13.3. The zero-order chi connectivity index (χ0) is 14.8. The summed E-state index contributed by atoms with van der Waals surface area (Å²) in [7, 11) is -3.88.